The summed E-state index contributed by atoms with van der Waals surface area (Å²) in [5, 5.41) is 0. The van der Waals surface area contributed by atoms with Crippen molar-refractivity contribution in [2.24, 2.45) is 5.92 Å². The lowest BCUT2D eigenvalue weighted by Crippen LogP contribution is -2.41. The van der Waals surface area contributed by atoms with Gasteiger partial charge in [-0.05, 0) is 45.2 Å². The van der Waals surface area contributed by atoms with Crippen LogP contribution in [0, 0.1) is 12.8 Å². The zero-order valence-corrected chi connectivity index (χ0v) is 13.0. The Bertz CT molecular complexity index is 452. The molecule has 0 radical (unpaired) electrons. The Morgan fingerprint density at radius 2 is 1.75 bits per heavy atom. The van der Waals surface area contributed by atoms with E-state index < -0.39 is 0 Å². The molecule has 110 valence electrons. The summed E-state index contributed by atoms with van der Waals surface area (Å²) in [6.07, 6.45) is 7.39. The fraction of sp³-hybridized carbons (Fsp3) is 0.667. The Morgan fingerprint density at radius 1 is 1.05 bits per heavy atom. The standard InChI is InChI=1S/C18H27NO/c1-13-9-7-8-12-17(13)19-14(2)15(3)20-18(19)16-10-5-4-6-11-16/h7-9,12,14-16,18H,4-6,10-11H2,1-3H3/t14-,15?,18?/m0/s1. The molecule has 2 fully saturated rings. The summed E-state index contributed by atoms with van der Waals surface area (Å²) in [5.74, 6) is 0.704. The third-order valence-corrected chi connectivity index (χ3v) is 5.19. The fourth-order valence-electron chi connectivity index (χ4n) is 3.82. The first-order chi connectivity index (χ1) is 9.68. The lowest BCUT2D eigenvalue weighted by atomic mass is 9.87. The average Bonchev–Trinajstić information content (AvgIpc) is 2.77. The van der Waals surface area contributed by atoms with Crippen LogP contribution in [0.1, 0.15) is 51.5 Å². The Balaban J connectivity index is 1.90. The van der Waals surface area contributed by atoms with Crippen molar-refractivity contribution in [3.05, 3.63) is 29.8 Å². The number of hydrogen-bond donors (Lipinski definition) is 0. The van der Waals surface area contributed by atoms with Gasteiger partial charge in [-0.1, -0.05) is 37.5 Å². The van der Waals surface area contributed by atoms with Crippen molar-refractivity contribution in [3.8, 4) is 0 Å². The molecular weight excluding hydrogens is 246 g/mol. The topological polar surface area (TPSA) is 12.5 Å². The molecule has 0 spiro atoms. The number of para-hydroxylation sites is 1. The number of nitrogens with zero attached hydrogens (tertiary/aromatic N) is 1. The van der Waals surface area contributed by atoms with Gasteiger partial charge in [0.05, 0.1) is 12.1 Å². The molecule has 1 aliphatic carbocycles. The van der Waals surface area contributed by atoms with Crippen LogP contribution in [-0.2, 0) is 4.74 Å². The van der Waals surface area contributed by atoms with E-state index in [4.69, 9.17) is 4.74 Å². The summed E-state index contributed by atoms with van der Waals surface area (Å²) < 4.78 is 6.36. The minimum Gasteiger partial charge on any atom is -0.353 e. The fourth-order valence-corrected chi connectivity index (χ4v) is 3.82. The summed E-state index contributed by atoms with van der Waals surface area (Å²) in [6, 6.07) is 9.20. The van der Waals surface area contributed by atoms with Crippen molar-refractivity contribution in [3.63, 3.8) is 0 Å². The Kier molecular flexibility index (Phi) is 4.02. The number of benzene rings is 1. The lowest BCUT2D eigenvalue weighted by Gasteiger charge is -2.36. The van der Waals surface area contributed by atoms with Crippen LogP contribution in [0.4, 0.5) is 5.69 Å². The first-order valence-corrected chi connectivity index (χ1v) is 8.18. The molecule has 1 saturated carbocycles. The van der Waals surface area contributed by atoms with Crippen LogP contribution in [-0.4, -0.2) is 18.4 Å². The Labute approximate surface area is 123 Å². The van der Waals surface area contributed by atoms with Gasteiger partial charge in [0.1, 0.15) is 6.23 Å². The lowest BCUT2D eigenvalue weighted by molar-refractivity contribution is 0.00776. The monoisotopic (exact) mass is 273 g/mol. The molecule has 1 aromatic rings. The van der Waals surface area contributed by atoms with Gasteiger partial charge >= 0.3 is 0 Å². The van der Waals surface area contributed by atoms with Crippen molar-refractivity contribution in [1.82, 2.24) is 0 Å². The molecule has 1 heterocycles. The summed E-state index contributed by atoms with van der Waals surface area (Å²) in [5.41, 5.74) is 2.72. The van der Waals surface area contributed by atoms with Gasteiger partial charge in [0, 0.05) is 11.6 Å². The van der Waals surface area contributed by atoms with Crippen LogP contribution < -0.4 is 4.90 Å². The van der Waals surface area contributed by atoms with E-state index in [0.717, 1.165) is 0 Å². The van der Waals surface area contributed by atoms with E-state index in [1.807, 2.05) is 0 Å². The van der Waals surface area contributed by atoms with E-state index in [0.29, 0.717) is 18.1 Å². The van der Waals surface area contributed by atoms with E-state index >= 15 is 0 Å². The van der Waals surface area contributed by atoms with Crippen molar-refractivity contribution in [1.29, 1.82) is 0 Å². The van der Waals surface area contributed by atoms with Crippen LogP contribution in [0.5, 0.6) is 0 Å². The number of aryl methyl sites for hydroxylation is 1. The van der Waals surface area contributed by atoms with Gasteiger partial charge in [-0.3, -0.25) is 0 Å². The molecule has 2 heteroatoms. The van der Waals surface area contributed by atoms with E-state index in [-0.39, 0.29) is 6.23 Å². The van der Waals surface area contributed by atoms with Crippen molar-refractivity contribution in [2.75, 3.05) is 4.90 Å². The molecule has 3 rings (SSSR count). The van der Waals surface area contributed by atoms with Crippen LogP contribution >= 0.6 is 0 Å². The molecule has 2 nitrogen and oxygen atoms in total. The van der Waals surface area contributed by atoms with Gasteiger partial charge in [0.15, 0.2) is 0 Å². The Hall–Kier alpha value is -1.02. The van der Waals surface area contributed by atoms with Crippen molar-refractivity contribution < 1.29 is 4.74 Å². The van der Waals surface area contributed by atoms with Crippen LogP contribution in [0.15, 0.2) is 24.3 Å². The molecule has 1 aliphatic heterocycles. The normalized spacial score (nSPS) is 31.8. The average molecular weight is 273 g/mol. The predicted octanol–water partition coefficient (Wildman–Crippen LogP) is 4.52. The SMILES string of the molecule is Cc1ccccc1N1C(C2CCCCC2)OC(C)[C@@H]1C. The molecule has 2 unspecified atom stereocenters. The summed E-state index contributed by atoms with van der Waals surface area (Å²) in [6.45, 7) is 6.74. The van der Waals surface area contributed by atoms with Gasteiger partial charge in [-0.2, -0.15) is 0 Å². The zero-order valence-electron chi connectivity index (χ0n) is 13.0. The predicted molar refractivity (Wildman–Crippen MR) is 84.0 cm³/mol. The quantitative estimate of drug-likeness (QED) is 0.786. The largest absolute Gasteiger partial charge is 0.353 e. The number of rotatable bonds is 2. The van der Waals surface area contributed by atoms with Crippen LogP contribution in [0.25, 0.3) is 0 Å². The zero-order chi connectivity index (χ0) is 14.1. The Morgan fingerprint density at radius 3 is 2.45 bits per heavy atom. The second kappa shape index (κ2) is 5.77. The van der Waals surface area contributed by atoms with E-state index in [1.54, 1.807) is 0 Å². The van der Waals surface area contributed by atoms with Gasteiger partial charge in [0.25, 0.3) is 0 Å². The number of ether oxygens (including phenoxy) is 1. The first-order valence-electron chi connectivity index (χ1n) is 8.18. The van der Waals surface area contributed by atoms with Crippen LogP contribution in [0.2, 0.25) is 0 Å². The summed E-state index contributed by atoms with van der Waals surface area (Å²) >= 11 is 0. The van der Waals surface area contributed by atoms with E-state index in [2.05, 4.69) is 49.9 Å². The molecule has 1 saturated heterocycles. The third kappa shape index (κ3) is 2.46. The highest BCUT2D eigenvalue weighted by Gasteiger charge is 2.41. The molecule has 20 heavy (non-hydrogen) atoms. The van der Waals surface area contributed by atoms with Gasteiger partial charge in [-0.25, -0.2) is 0 Å². The molecule has 0 amide bonds. The molecule has 2 aliphatic rings. The maximum absolute atomic E-state index is 6.36. The summed E-state index contributed by atoms with van der Waals surface area (Å²) in [4.78, 5) is 2.55. The van der Waals surface area contributed by atoms with E-state index in [9.17, 15) is 0 Å². The smallest absolute Gasteiger partial charge is 0.133 e. The highest BCUT2D eigenvalue weighted by atomic mass is 16.5. The van der Waals surface area contributed by atoms with Crippen molar-refractivity contribution in [2.45, 2.75) is 71.2 Å². The minimum absolute atomic E-state index is 0.279. The summed E-state index contributed by atoms with van der Waals surface area (Å²) in [7, 11) is 0. The number of hydrogen-bond acceptors (Lipinski definition) is 2. The minimum atomic E-state index is 0.279. The van der Waals surface area contributed by atoms with Gasteiger partial charge in [-0.15, -0.1) is 0 Å². The molecule has 3 atom stereocenters. The maximum atomic E-state index is 6.36. The molecule has 0 N–H and O–H groups in total. The molecule has 0 bridgehead atoms. The van der Waals surface area contributed by atoms with E-state index in [1.165, 1.54) is 43.4 Å². The first kappa shape index (κ1) is 13.9. The second-order valence-corrected chi connectivity index (χ2v) is 6.56. The maximum Gasteiger partial charge on any atom is 0.133 e. The number of anilines is 1. The van der Waals surface area contributed by atoms with Gasteiger partial charge < -0.3 is 9.64 Å². The molecule has 1 aromatic carbocycles. The van der Waals surface area contributed by atoms with Crippen molar-refractivity contribution >= 4 is 5.69 Å². The molecular formula is C18H27NO. The van der Waals surface area contributed by atoms with Gasteiger partial charge in [0.2, 0.25) is 0 Å². The van der Waals surface area contributed by atoms with Crippen LogP contribution in [0.3, 0.4) is 0 Å². The highest BCUT2D eigenvalue weighted by Crippen LogP contribution is 2.39. The highest BCUT2D eigenvalue weighted by molar-refractivity contribution is 5.55. The molecule has 0 aromatic heterocycles. The second-order valence-electron chi connectivity index (χ2n) is 6.56. The third-order valence-electron chi connectivity index (χ3n) is 5.19.